The predicted octanol–water partition coefficient (Wildman–Crippen LogP) is 3.22. The Labute approximate surface area is 201 Å². The van der Waals surface area contributed by atoms with E-state index < -0.39 is 21.2 Å². The summed E-state index contributed by atoms with van der Waals surface area (Å²) in [6.07, 6.45) is 9.56. The lowest BCUT2D eigenvalue weighted by Gasteiger charge is -2.58. The smallest absolute Gasteiger partial charge is 0.246 e. The predicted molar refractivity (Wildman–Crippen MR) is 128 cm³/mol. The highest BCUT2D eigenvalue weighted by atomic mass is 32.2. The van der Waals surface area contributed by atoms with E-state index in [0.29, 0.717) is 24.3 Å². The zero-order valence-corrected chi connectivity index (χ0v) is 20.4. The fourth-order valence-corrected chi connectivity index (χ4v) is 9.61. The van der Waals surface area contributed by atoms with Gasteiger partial charge in [-0.25, -0.2) is 8.42 Å². The number of carbonyl (C=O) groups excluding carboxylic acids is 1. The summed E-state index contributed by atoms with van der Waals surface area (Å²) in [5, 5.41) is 15.6. The lowest BCUT2D eigenvalue weighted by atomic mass is 9.52. The summed E-state index contributed by atoms with van der Waals surface area (Å²) in [5.41, 5.74) is -1.72. The van der Waals surface area contributed by atoms with Crippen molar-refractivity contribution in [2.45, 2.75) is 80.4 Å². The van der Waals surface area contributed by atoms with Crippen LogP contribution in [0.3, 0.4) is 0 Å². The van der Waals surface area contributed by atoms with Crippen molar-refractivity contribution in [3.8, 4) is 0 Å². The number of pyridine rings is 1. The lowest BCUT2D eigenvalue weighted by molar-refractivity contribution is -0.151. The van der Waals surface area contributed by atoms with Crippen LogP contribution in [0.4, 0.5) is 0 Å². The Bertz CT molecular complexity index is 1230. The number of amides is 1. The van der Waals surface area contributed by atoms with Gasteiger partial charge in [-0.2, -0.15) is 4.31 Å². The minimum absolute atomic E-state index is 0.0202. The monoisotopic (exact) mass is 483 g/mol. The first-order valence-electron chi connectivity index (χ1n) is 12.6. The minimum Gasteiger partial charge on any atom is -0.390 e. The topological polar surface area (TPSA) is 99.6 Å². The van der Waals surface area contributed by atoms with Gasteiger partial charge < -0.3 is 10.4 Å². The van der Waals surface area contributed by atoms with Crippen LogP contribution in [0.15, 0.2) is 41.6 Å². The summed E-state index contributed by atoms with van der Waals surface area (Å²) in [6.45, 7) is 2.09. The molecule has 2 aromatic rings. The molecule has 1 aromatic heterocycles. The number of fused-ring (bicyclic) bond motifs is 1. The highest BCUT2D eigenvalue weighted by molar-refractivity contribution is 7.89. The Balaban J connectivity index is 1.31. The van der Waals surface area contributed by atoms with Crippen LogP contribution >= 0.6 is 0 Å². The Morgan fingerprint density at radius 2 is 1.85 bits per heavy atom. The first kappa shape index (κ1) is 22.4. The van der Waals surface area contributed by atoms with Crippen molar-refractivity contribution in [3.05, 3.63) is 36.7 Å². The molecule has 1 aliphatic heterocycles. The molecular formula is C26H33N3O4S. The van der Waals surface area contributed by atoms with Gasteiger partial charge in [0, 0.05) is 35.8 Å². The molecule has 5 aliphatic rings. The van der Waals surface area contributed by atoms with E-state index in [1.807, 2.05) is 18.2 Å². The molecule has 4 bridgehead atoms. The van der Waals surface area contributed by atoms with Gasteiger partial charge in [0.25, 0.3) is 0 Å². The van der Waals surface area contributed by atoms with Crippen molar-refractivity contribution in [1.29, 1.82) is 0 Å². The molecule has 4 saturated carbocycles. The molecule has 2 heterocycles. The standard InChI is InChI=1S/C26H33N3O4S/c1-25(24(30)28-23-19-10-17-11-20(23)14-26(31,12-17)13-19)8-4-5-9-29(25)34(32,33)22-16-27-15-18-6-2-3-7-21(18)22/h2-3,6-7,15-17,19-20,23,31H,4-5,8-14H2,1H3,(H,28,30)/t17?,19?,20?,23?,25-,26?/m1/s1. The molecule has 7 rings (SSSR count). The molecule has 1 saturated heterocycles. The molecule has 182 valence electrons. The molecule has 7 nitrogen and oxygen atoms in total. The average molecular weight is 484 g/mol. The Hall–Kier alpha value is -2.03. The summed E-state index contributed by atoms with van der Waals surface area (Å²) in [7, 11) is -3.94. The molecule has 5 fully saturated rings. The number of benzene rings is 1. The van der Waals surface area contributed by atoms with Gasteiger partial charge in [-0.3, -0.25) is 9.78 Å². The molecule has 1 aromatic carbocycles. The van der Waals surface area contributed by atoms with Gasteiger partial charge in [-0.15, -0.1) is 0 Å². The number of nitrogens with one attached hydrogen (secondary N) is 1. The lowest BCUT2D eigenvalue weighted by Crippen LogP contribution is -2.66. The second-order valence-corrected chi connectivity index (χ2v) is 13.2. The summed E-state index contributed by atoms with van der Waals surface area (Å²) < 4.78 is 29.4. The van der Waals surface area contributed by atoms with Crippen LogP contribution in [0.1, 0.15) is 58.3 Å². The number of hydrogen-bond donors (Lipinski definition) is 2. The Kier molecular flexibility index (Phi) is 5.10. The van der Waals surface area contributed by atoms with Gasteiger partial charge >= 0.3 is 0 Å². The van der Waals surface area contributed by atoms with E-state index in [-0.39, 0.29) is 28.7 Å². The molecule has 0 radical (unpaired) electrons. The number of piperidine rings is 1. The van der Waals surface area contributed by atoms with Gasteiger partial charge in [0.2, 0.25) is 15.9 Å². The molecule has 1 amide bonds. The molecule has 3 atom stereocenters. The van der Waals surface area contributed by atoms with Crippen molar-refractivity contribution >= 4 is 26.7 Å². The van der Waals surface area contributed by atoms with Crippen LogP contribution in [0.5, 0.6) is 0 Å². The molecule has 4 aliphatic carbocycles. The summed E-state index contributed by atoms with van der Waals surface area (Å²) in [4.78, 5) is 18.2. The van der Waals surface area contributed by atoms with E-state index in [1.54, 1.807) is 19.2 Å². The summed E-state index contributed by atoms with van der Waals surface area (Å²) in [6, 6.07) is 7.35. The van der Waals surface area contributed by atoms with Crippen LogP contribution in [0, 0.1) is 17.8 Å². The number of aliphatic hydroxyl groups is 1. The van der Waals surface area contributed by atoms with Crippen molar-refractivity contribution in [2.75, 3.05) is 6.54 Å². The highest BCUT2D eigenvalue weighted by Crippen LogP contribution is 2.55. The summed E-state index contributed by atoms with van der Waals surface area (Å²) in [5.74, 6) is 0.907. The van der Waals surface area contributed by atoms with E-state index in [9.17, 15) is 18.3 Å². The first-order chi connectivity index (χ1) is 16.2. The third-order valence-corrected chi connectivity index (χ3v) is 11.1. The second kappa shape index (κ2) is 7.73. The van der Waals surface area contributed by atoms with Crippen LogP contribution in [0.2, 0.25) is 0 Å². The molecule has 2 unspecified atom stereocenters. The van der Waals surface area contributed by atoms with Gasteiger partial charge in [-0.1, -0.05) is 24.3 Å². The minimum atomic E-state index is -3.94. The van der Waals surface area contributed by atoms with Crippen molar-refractivity contribution in [2.24, 2.45) is 17.8 Å². The van der Waals surface area contributed by atoms with Gasteiger partial charge in [0.1, 0.15) is 10.4 Å². The zero-order chi connectivity index (χ0) is 23.7. The average Bonchev–Trinajstić information content (AvgIpc) is 2.80. The third kappa shape index (κ3) is 3.40. The number of aromatic nitrogens is 1. The SMILES string of the molecule is C[C@]1(C(=O)NC2C3CC4CC2CC(O)(C4)C3)CCCCN1S(=O)(=O)c1cncc2ccccc12. The van der Waals surface area contributed by atoms with E-state index >= 15 is 0 Å². The number of hydrogen-bond acceptors (Lipinski definition) is 5. The highest BCUT2D eigenvalue weighted by Gasteiger charge is 2.56. The van der Waals surface area contributed by atoms with Crippen molar-refractivity contribution in [3.63, 3.8) is 0 Å². The number of sulfonamides is 1. The maximum absolute atomic E-state index is 14.0. The summed E-state index contributed by atoms with van der Waals surface area (Å²) >= 11 is 0. The van der Waals surface area contributed by atoms with E-state index in [2.05, 4.69) is 10.3 Å². The normalized spacial score (nSPS) is 37.7. The van der Waals surface area contributed by atoms with E-state index in [4.69, 9.17) is 0 Å². The largest absolute Gasteiger partial charge is 0.390 e. The van der Waals surface area contributed by atoms with Crippen LogP contribution in [-0.2, 0) is 14.8 Å². The second-order valence-electron chi connectivity index (χ2n) is 11.4. The molecule has 8 heteroatoms. The molecular weight excluding hydrogens is 450 g/mol. The number of carbonyl (C=O) groups is 1. The number of nitrogens with zero attached hydrogens (tertiary/aromatic N) is 2. The zero-order valence-electron chi connectivity index (χ0n) is 19.6. The van der Waals surface area contributed by atoms with Crippen LogP contribution in [-0.4, -0.2) is 52.4 Å². The Morgan fingerprint density at radius 1 is 1.12 bits per heavy atom. The molecule has 0 spiro atoms. The molecule has 2 N–H and O–H groups in total. The van der Waals surface area contributed by atoms with Crippen molar-refractivity contribution in [1.82, 2.24) is 14.6 Å². The fraction of sp³-hybridized carbons (Fsp3) is 0.615. The van der Waals surface area contributed by atoms with Crippen molar-refractivity contribution < 1.29 is 18.3 Å². The number of rotatable bonds is 4. The fourth-order valence-electron chi connectivity index (χ4n) is 7.65. The van der Waals surface area contributed by atoms with Crippen LogP contribution < -0.4 is 5.32 Å². The Morgan fingerprint density at radius 3 is 2.59 bits per heavy atom. The third-order valence-electron chi connectivity index (χ3n) is 9.05. The quantitative estimate of drug-likeness (QED) is 0.696. The van der Waals surface area contributed by atoms with E-state index in [1.165, 1.54) is 10.5 Å². The van der Waals surface area contributed by atoms with E-state index in [0.717, 1.165) is 50.3 Å². The first-order valence-corrected chi connectivity index (χ1v) is 14.0. The van der Waals surface area contributed by atoms with Gasteiger partial charge in [0.15, 0.2) is 0 Å². The van der Waals surface area contributed by atoms with Crippen LogP contribution in [0.25, 0.3) is 10.8 Å². The maximum Gasteiger partial charge on any atom is 0.246 e. The molecule has 34 heavy (non-hydrogen) atoms. The van der Waals surface area contributed by atoms with Gasteiger partial charge in [0.05, 0.1) is 5.60 Å². The maximum atomic E-state index is 14.0. The van der Waals surface area contributed by atoms with Gasteiger partial charge in [-0.05, 0) is 76.0 Å².